The molecule has 1 heterocycles. The quantitative estimate of drug-likeness (QED) is 0.178. The molecule has 4 rings (SSSR count). The maximum absolute atomic E-state index is 13.5. The fourth-order valence-corrected chi connectivity index (χ4v) is 5.83. The molecule has 4 nitrogen and oxygen atoms in total. The molecule has 0 amide bonds. The van der Waals surface area contributed by atoms with E-state index in [2.05, 4.69) is 92.3 Å². The third-order valence-corrected chi connectivity index (χ3v) is 8.30. The van der Waals surface area contributed by atoms with Crippen molar-refractivity contribution in [1.82, 2.24) is 4.90 Å². The molecule has 1 aliphatic rings. The van der Waals surface area contributed by atoms with Crippen LogP contribution in [0.5, 0.6) is 5.75 Å². The van der Waals surface area contributed by atoms with Crippen LogP contribution in [0.15, 0.2) is 65.7 Å². The second-order valence-corrected chi connectivity index (χ2v) is 11.2. The van der Waals surface area contributed by atoms with Crippen molar-refractivity contribution in [3.05, 3.63) is 99.6 Å². The van der Waals surface area contributed by atoms with E-state index in [4.69, 9.17) is 4.74 Å². The van der Waals surface area contributed by atoms with Gasteiger partial charge < -0.3 is 9.64 Å². The lowest BCUT2D eigenvalue weighted by atomic mass is 9.89. The van der Waals surface area contributed by atoms with Crippen LogP contribution in [0.25, 0.3) is 0 Å². The molecular formula is C36H46N2O2. The first-order valence-electron chi connectivity index (χ1n) is 15.0. The summed E-state index contributed by atoms with van der Waals surface area (Å²) in [4.78, 5) is 20.5. The lowest BCUT2D eigenvalue weighted by Crippen LogP contribution is -2.35. The summed E-state index contributed by atoms with van der Waals surface area (Å²) in [5.74, 6) is 1.20. The molecule has 0 saturated carbocycles. The molecule has 0 radical (unpaired) electrons. The van der Waals surface area contributed by atoms with Gasteiger partial charge in [0.25, 0.3) is 0 Å². The van der Waals surface area contributed by atoms with E-state index >= 15 is 0 Å². The average Bonchev–Trinajstić information content (AvgIpc) is 2.98. The molecule has 0 aromatic heterocycles. The van der Waals surface area contributed by atoms with E-state index in [1.54, 1.807) is 0 Å². The van der Waals surface area contributed by atoms with Crippen LogP contribution >= 0.6 is 0 Å². The van der Waals surface area contributed by atoms with Gasteiger partial charge in [-0.3, -0.25) is 9.79 Å². The number of ketones is 1. The highest BCUT2D eigenvalue weighted by Gasteiger charge is 2.19. The Balaban J connectivity index is 1.42. The molecule has 4 heteroatoms. The molecular weight excluding hydrogens is 492 g/mol. The number of hydrogen-bond acceptors (Lipinski definition) is 4. The number of rotatable bonds is 12. The third-order valence-electron chi connectivity index (χ3n) is 8.30. The van der Waals surface area contributed by atoms with Crippen molar-refractivity contribution in [2.24, 2.45) is 4.99 Å². The minimum absolute atomic E-state index is 0.219. The van der Waals surface area contributed by atoms with Gasteiger partial charge in [0.15, 0.2) is 5.78 Å². The topological polar surface area (TPSA) is 41.9 Å². The van der Waals surface area contributed by atoms with Crippen LogP contribution in [0.2, 0.25) is 0 Å². The van der Waals surface area contributed by atoms with E-state index in [0.717, 1.165) is 86.2 Å². The number of ether oxygens (including phenoxy) is 1. The predicted molar refractivity (Wildman–Crippen MR) is 167 cm³/mol. The van der Waals surface area contributed by atoms with Crippen molar-refractivity contribution in [1.29, 1.82) is 0 Å². The molecule has 0 atom stereocenters. The highest BCUT2D eigenvalue weighted by molar-refractivity contribution is 6.06. The van der Waals surface area contributed by atoms with Crippen LogP contribution in [-0.2, 0) is 25.7 Å². The molecule has 1 saturated heterocycles. The van der Waals surface area contributed by atoms with Crippen molar-refractivity contribution in [2.45, 2.75) is 78.2 Å². The first-order valence-corrected chi connectivity index (χ1v) is 15.0. The molecule has 1 fully saturated rings. The van der Waals surface area contributed by atoms with E-state index in [-0.39, 0.29) is 5.78 Å². The first kappa shape index (κ1) is 29.7. The number of benzene rings is 3. The zero-order valence-corrected chi connectivity index (χ0v) is 25.1. The lowest BCUT2D eigenvalue weighted by molar-refractivity contribution is 0.0979. The van der Waals surface area contributed by atoms with Crippen molar-refractivity contribution < 1.29 is 9.53 Å². The summed E-state index contributed by atoms with van der Waals surface area (Å²) in [6.07, 6.45) is 7.40. The van der Waals surface area contributed by atoms with E-state index in [0.29, 0.717) is 12.5 Å². The Hall–Kier alpha value is -3.24. The summed E-state index contributed by atoms with van der Waals surface area (Å²) in [5.41, 5.74) is 9.17. The van der Waals surface area contributed by atoms with Gasteiger partial charge in [0.2, 0.25) is 0 Å². The van der Waals surface area contributed by atoms with Gasteiger partial charge in [-0.15, -0.1) is 0 Å². The Morgan fingerprint density at radius 3 is 2.33 bits per heavy atom. The number of hydrogen-bond donors (Lipinski definition) is 0. The Kier molecular flexibility index (Phi) is 10.7. The molecule has 0 unspecified atom stereocenters. The monoisotopic (exact) mass is 538 g/mol. The van der Waals surface area contributed by atoms with Crippen LogP contribution < -0.4 is 4.74 Å². The van der Waals surface area contributed by atoms with Crippen LogP contribution in [0.1, 0.15) is 83.3 Å². The van der Waals surface area contributed by atoms with Crippen LogP contribution in [0, 0.1) is 6.92 Å². The maximum atomic E-state index is 13.5. The van der Waals surface area contributed by atoms with Gasteiger partial charge in [-0.1, -0.05) is 56.3 Å². The number of likely N-dealkylation sites (tertiary alicyclic amines) is 1. The fourth-order valence-electron chi connectivity index (χ4n) is 5.83. The SMILES string of the molecule is CCc1cc(OC2CCN(C)CC2)ccc1CCCC(=O)c1cc(C(Cc2ccccc2)=NC)c(CC)cc1C. The number of aryl methyl sites for hydroxylation is 4. The molecule has 0 bridgehead atoms. The standard InChI is InChI=1S/C36H46N2O2/c1-6-28-24-32(40-31-18-20-38(5)21-19-31)17-16-30(28)14-11-15-36(39)33-25-34(29(7-2)22-26(33)3)35(37-4)23-27-12-9-8-10-13-27/h8-10,12-13,16-17,22,24-25,31H,6-7,11,14-15,18-21,23H2,1-5H3. The Morgan fingerprint density at radius 1 is 0.925 bits per heavy atom. The number of piperidine rings is 1. The summed E-state index contributed by atoms with van der Waals surface area (Å²) < 4.78 is 6.32. The normalized spacial score (nSPS) is 14.9. The lowest BCUT2D eigenvalue weighted by Gasteiger charge is -2.29. The molecule has 0 spiro atoms. The van der Waals surface area contributed by atoms with Crippen LogP contribution in [0.3, 0.4) is 0 Å². The van der Waals surface area contributed by atoms with Crippen LogP contribution in [-0.4, -0.2) is 49.7 Å². The number of aliphatic imine (C=N–C) groups is 1. The summed E-state index contributed by atoms with van der Waals surface area (Å²) in [7, 11) is 4.03. The summed E-state index contributed by atoms with van der Waals surface area (Å²) in [6, 6.07) is 21.3. The third kappa shape index (κ3) is 7.69. The van der Waals surface area contributed by atoms with E-state index < -0.39 is 0 Å². The Bertz CT molecular complexity index is 1300. The first-order chi connectivity index (χ1) is 19.4. The zero-order valence-electron chi connectivity index (χ0n) is 25.1. The van der Waals surface area contributed by atoms with E-state index in [9.17, 15) is 4.79 Å². The van der Waals surface area contributed by atoms with Crippen molar-refractivity contribution in [2.75, 3.05) is 27.2 Å². The van der Waals surface area contributed by atoms with Gasteiger partial charge in [-0.2, -0.15) is 0 Å². The van der Waals surface area contributed by atoms with Crippen molar-refractivity contribution >= 4 is 11.5 Å². The number of carbonyl (C=O) groups excluding carboxylic acids is 1. The summed E-state index contributed by atoms with van der Waals surface area (Å²) in [5, 5.41) is 0. The smallest absolute Gasteiger partial charge is 0.163 e. The van der Waals surface area contributed by atoms with Gasteiger partial charge in [0.05, 0.1) is 0 Å². The maximum Gasteiger partial charge on any atom is 0.163 e. The minimum atomic E-state index is 0.219. The highest BCUT2D eigenvalue weighted by atomic mass is 16.5. The molecule has 40 heavy (non-hydrogen) atoms. The largest absolute Gasteiger partial charge is 0.490 e. The molecule has 212 valence electrons. The number of carbonyl (C=O) groups is 1. The van der Waals surface area contributed by atoms with Gasteiger partial charge in [0.1, 0.15) is 11.9 Å². The molecule has 3 aromatic carbocycles. The summed E-state index contributed by atoms with van der Waals surface area (Å²) in [6.45, 7) is 8.63. The Morgan fingerprint density at radius 2 is 1.65 bits per heavy atom. The van der Waals surface area contributed by atoms with Crippen molar-refractivity contribution in [3.63, 3.8) is 0 Å². The minimum Gasteiger partial charge on any atom is -0.490 e. The van der Waals surface area contributed by atoms with Crippen LogP contribution in [0.4, 0.5) is 0 Å². The van der Waals surface area contributed by atoms with Gasteiger partial charge >= 0.3 is 0 Å². The Labute approximate surface area is 241 Å². The average molecular weight is 539 g/mol. The van der Waals surface area contributed by atoms with E-state index in [1.165, 1.54) is 22.3 Å². The number of Topliss-reactive ketones (excluding diaryl/α,β-unsaturated/α-hetero) is 1. The predicted octanol–water partition coefficient (Wildman–Crippen LogP) is 7.46. The molecule has 0 aliphatic carbocycles. The van der Waals surface area contributed by atoms with Gasteiger partial charge in [0, 0.05) is 44.3 Å². The molecule has 0 N–H and O–H groups in total. The fraction of sp³-hybridized carbons (Fsp3) is 0.444. The zero-order chi connectivity index (χ0) is 28.5. The summed E-state index contributed by atoms with van der Waals surface area (Å²) >= 11 is 0. The highest BCUT2D eigenvalue weighted by Crippen LogP contribution is 2.25. The van der Waals surface area contributed by atoms with Crippen molar-refractivity contribution in [3.8, 4) is 5.75 Å². The van der Waals surface area contributed by atoms with Gasteiger partial charge in [-0.25, -0.2) is 0 Å². The second kappa shape index (κ2) is 14.4. The second-order valence-electron chi connectivity index (χ2n) is 11.2. The molecule has 3 aromatic rings. The molecule has 1 aliphatic heterocycles. The van der Waals surface area contributed by atoms with E-state index in [1.807, 2.05) is 13.1 Å². The van der Waals surface area contributed by atoms with Gasteiger partial charge in [-0.05, 0) is 104 Å². The number of nitrogens with zero attached hydrogens (tertiary/aromatic N) is 2.